The first-order valence-corrected chi connectivity index (χ1v) is 9.50. The van der Waals surface area contributed by atoms with Crippen molar-refractivity contribution >= 4 is 29.0 Å². The smallest absolute Gasteiger partial charge is 0.241 e. The number of thioether (sulfide) groups is 1. The summed E-state index contributed by atoms with van der Waals surface area (Å²) < 4.78 is 0. The fourth-order valence-corrected chi connectivity index (χ4v) is 3.21. The number of nitrogens with two attached hydrogens (primary N) is 1. The second-order valence-corrected chi connectivity index (χ2v) is 6.81. The molecule has 0 aliphatic carbocycles. The van der Waals surface area contributed by atoms with Gasteiger partial charge < -0.3 is 16.0 Å². The minimum atomic E-state index is -0.436. The number of anilines is 2. The molecule has 4 nitrogen and oxygen atoms in total. The predicted octanol–water partition coefficient (Wildman–Crippen LogP) is 3.09. The summed E-state index contributed by atoms with van der Waals surface area (Å²) in [5.74, 6) is 0.810. The van der Waals surface area contributed by atoms with Gasteiger partial charge in [0.15, 0.2) is 0 Å². The highest BCUT2D eigenvalue weighted by atomic mass is 32.2. The Kier molecular flexibility index (Phi) is 7.06. The Balaban J connectivity index is 1.97. The lowest BCUT2D eigenvalue weighted by Gasteiger charge is -2.23. The van der Waals surface area contributed by atoms with E-state index in [1.165, 1.54) is 31.4 Å². The number of nitrogens with zero attached hydrogens (tertiary/aromatic N) is 1. The lowest BCUT2D eigenvalue weighted by atomic mass is 10.2. The van der Waals surface area contributed by atoms with Gasteiger partial charge in [0.05, 0.1) is 6.04 Å². The number of rotatable bonds is 6. The third kappa shape index (κ3) is 5.21. The molecule has 0 bridgehead atoms. The molecule has 0 unspecified atom stereocenters. The minimum Gasteiger partial charge on any atom is -0.371 e. The second-order valence-electron chi connectivity index (χ2n) is 5.83. The number of benzene rings is 1. The van der Waals surface area contributed by atoms with Crippen molar-refractivity contribution in [3.8, 4) is 0 Å². The average molecular weight is 321 g/mol. The summed E-state index contributed by atoms with van der Waals surface area (Å²) in [5, 5.41) is 2.95. The van der Waals surface area contributed by atoms with Crippen LogP contribution in [0.3, 0.4) is 0 Å². The van der Waals surface area contributed by atoms with Crippen molar-refractivity contribution in [3.05, 3.63) is 24.3 Å². The first-order valence-electron chi connectivity index (χ1n) is 8.11. The molecular weight excluding hydrogens is 294 g/mol. The van der Waals surface area contributed by atoms with Crippen LogP contribution in [-0.4, -0.2) is 37.0 Å². The highest BCUT2D eigenvalue weighted by Crippen LogP contribution is 2.23. The molecule has 1 aromatic rings. The van der Waals surface area contributed by atoms with Crippen LogP contribution in [0, 0.1) is 0 Å². The minimum absolute atomic E-state index is 0.0953. The molecular formula is C17H27N3OS. The molecule has 1 heterocycles. The van der Waals surface area contributed by atoms with Gasteiger partial charge in [-0.2, -0.15) is 11.8 Å². The quantitative estimate of drug-likeness (QED) is 0.845. The maximum atomic E-state index is 12.1. The molecule has 1 aliphatic heterocycles. The molecule has 1 aromatic carbocycles. The van der Waals surface area contributed by atoms with Crippen molar-refractivity contribution in [1.82, 2.24) is 0 Å². The molecule has 1 atom stereocenters. The van der Waals surface area contributed by atoms with Gasteiger partial charge in [0, 0.05) is 24.5 Å². The molecule has 1 amide bonds. The molecule has 3 N–H and O–H groups in total. The van der Waals surface area contributed by atoms with Crippen LogP contribution in [0.25, 0.3) is 0 Å². The number of carbonyl (C=O) groups excluding carboxylic acids is 1. The highest BCUT2D eigenvalue weighted by molar-refractivity contribution is 7.98. The zero-order valence-electron chi connectivity index (χ0n) is 13.4. The molecule has 1 saturated heterocycles. The molecule has 0 spiro atoms. The van der Waals surface area contributed by atoms with Gasteiger partial charge in [-0.1, -0.05) is 18.9 Å². The number of hydrogen-bond donors (Lipinski definition) is 2. The van der Waals surface area contributed by atoms with Crippen LogP contribution < -0.4 is 16.0 Å². The molecule has 5 heteroatoms. The van der Waals surface area contributed by atoms with Gasteiger partial charge in [-0.15, -0.1) is 0 Å². The predicted molar refractivity (Wildman–Crippen MR) is 96.7 cm³/mol. The van der Waals surface area contributed by atoms with Crippen LogP contribution in [0.1, 0.15) is 32.1 Å². The van der Waals surface area contributed by atoms with Crippen LogP contribution in [0.4, 0.5) is 11.4 Å². The van der Waals surface area contributed by atoms with Gasteiger partial charge in [0.25, 0.3) is 0 Å². The van der Waals surface area contributed by atoms with Crippen LogP contribution in [0.5, 0.6) is 0 Å². The Morgan fingerprint density at radius 1 is 1.32 bits per heavy atom. The molecule has 22 heavy (non-hydrogen) atoms. The van der Waals surface area contributed by atoms with Crippen molar-refractivity contribution in [2.45, 2.75) is 38.1 Å². The average Bonchev–Trinajstić information content (AvgIpc) is 2.82. The summed E-state index contributed by atoms with van der Waals surface area (Å²) in [6.45, 7) is 2.20. The zero-order chi connectivity index (χ0) is 15.8. The zero-order valence-corrected chi connectivity index (χ0v) is 14.2. The summed E-state index contributed by atoms with van der Waals surface area (Å²) in [6.07, 6.45) is 7.86. The number of amides is 1. The lowest BCUT2D eigenvalue weighted by molar-refractivity contribution is -0.117. The van der Waals surface area contributed by atoms with E-state index in [1.807, 2.05) is 18.4 Å². The van der Waals surface area contributed by atoms with E-state index in [-0.39, 0.29) is 5.91 Å². The standard InChI is InChI=1S/C17H27N3OS/c1-22-12-9-16(18)17(21)19-14-7-6-8-15(13-14)20-10-4-2-3-5-11-20/h6-8,13,16H,2-5,9-12,18H2,1H3,(H,19,21)/t16-/m0/s1. The summed E-state index contributed by atoms with van der Waals surface area (Å²) in [4.78, 5) is 14.5. The van der Waals surface area contributed by atoms with Gasteiger partial charge >= 0.3 is 0 Å². The van der Waals surface area contributed by atoms with E-state index in [9.17, 15) is 4.79 Å². The van der Waals surface area contributed by atoms with Gasteiger partial charge in [-0.25, -0.2) is 0 Å². The number of nitrogens with one attached hydrogen (secondary N) is 1. The highest BCUT2D eigenvalue weighted by Gasteiger charge is 2.14. The van der Waals surface area contributed by atoms with Gasteiger partial charge in [-0.3, -0.25) is 4.79 Å². The second kappa shape index (κ2) is 9.06. The summed E-state index contributed by atoms with van der Waals surface area (Å²) in [6, 6.07) is 7.68. The maximum Gasteiger partial charge on any atom is 0.241 e. The monoisotopic (exact) mass is 321 g/mol. The van der Waals surface area contributed by atoms with Gasteiger partial charge in [0.2, 0.25) is 5.91 Å². The van der Waals surface area contributed by atoms with E-state index in [0.29, 0.717) is 6.42 Å². The van der Waals surface area contributed by atoms with Crippen LogP contribution in [0.15, 0.2) is 24.3 Å². The van der Waals surface area contributed by atoms with E-state index in [2.05, 4.69) is 22.3 Å². The molecule has 1 fully saturated rings. The first kappa shape index (κ1) is 17.2. The molecule has 0 aromatic heterocycles. The maximum absolute atomic E-state index is 12.1. The molecule has 0 saturated carbocycles. The molecule has 0 radical (unpaired) electrons. The van der Waals surface area contributed by atoms with Gasteiger partial charge in [0.1, 0.15) is 0 Å². The first-order chi connectivity index (χ1) is 10.7. The van der Waals surface area contributed by atoms with E-state index in [1.54, 1.807) is 11.8 Å². The van der Waals surface area contributed by atoms with Crippen LogP contribution in [0.2, 0.25) is 0 Å². The normalized spacial score (nSPS) is 16.9. The molecule has 2 rings (SSSR count). The van der Waals surface area contributed by atoms with E-state index in [0.717, 1.165) is 24.5 Å². The third-order valence-electron chi connectivity index (χ3n) is 4.05. The molecule has 122 valence electrons. The van der Waals surface area contributed by atoms with E-state index in [4.69, 9.17) is 5.73 Å². The fraction of sp³-hybridized carbons (Fsp3) is 0.588. The summed E-state index contributed by atoms with van der Waals surface area (Å²) in [7, 11) is 0. The van der Waals surface area contributed by atoms with Crippen molar-refractivity contribution < 1.29 is 4.79 Å². The summed E-state index contributed by atoms with van der Waals surface area (Å²) >= 11 is 1.71. The summed E-state index contributed by atoms with van der Waals surface area (Å²) in [5.41, 5.74) is 7.95. The van der Waals surface area contributed by atoms with Crippen LogP contribution in [-0.2, 0) is 4.79 Å². The largest absolute Gasteiger partial charge is 0.371 e. The van der Waals surface area contributed by atoms with Crippen molar-refractivity contribution in [2.24, 2.45) is 5.73 Å². The van der Waals surface area contributed by atoms with Crippen molar-refractivity contribution in [1.29, 1.82) is 0 Å². The van der Waals surface area contributed by atoms with E-state index >= 15 is 0 Å². The topological polar surface area (TPSA) is 58.4 Å². The number of carbonyl (C=O) groups is 1. The van der Waals surface area contributed by atoms with Gasteiger partial charge in [-0.05, 0) is 49.5 Å². The Bertz CT molecular complexity index is 473. The van der Waals surface area contributed by atoms with Crippen molar-refractivity contribution in [3.63, 3.8) is 0 Å². The number of hydrogen-bond acceptors (Lipinski definition) is 4. The van der Waals surface area contributed by atoms with E-state index < -0.39 is 6.04 Å². The third-order valence-corrected chi connectivity index (χ3v) is 4.70. The Labute approximate surface area is 137 Å². The Hall–Kier alpha value is -1.20. The lowest BCUT2D eigenvalue weighted by Crippen LogP contribution is -2.36. The van der Waals surface area contributed by atoms with Crippen molar-refractivity contribution in [2.75, 3.05) is 35.3 Å². The fourth-order valence-electron chi connectivity index (χ4n) is 2.72. The Morgan fingerprint density at radius 2 is 2.05 bits per heavy atom. The van der Waals surface area contributed by atoms with Crippen LogP contribution >= 0.6 is 11.8 Å². The molecule has 1 aliphatic rings. The SMILES string of the molecule is CSCC[C@H](N)C(=O)Nc1cccc(N2CCCCCC2)c1. The Morgan fingerprint density at radius 3 is 2.73 bits per heavy atom.